The van der Waals surface area contributed by atoms with E-state index in [-0.39, 0.29) is 18.0 Å². The molecule has 2 aliphatic rings. The number of urea groups is 1. The molecular weight excluding hydrogens is 284 g/mol. The van der Waals surface area contributed by atoms with E-state index in [1.54, 1.807) is 11.8 Å². The molecular formula is C16H20N2O4. The second-order valence-electron chi connectivity index (χ2n) is 5.52. The third kappa shape index (κ3) is 2.78. The van der Waals surface area contributed by atoms with Crippen molar-refractivity contribution >= 4 is 12.0 Å². The Morgan fingerprint density at radius 3 is 2.77 bits per heavy atom. The topological polar surface area (TPSA) is 59.1 Å². The first-order chi connectivity index (χ1) is 10.7. The Balaban J connectivity index is 1.64. The Bertz CT molecular complexity index is 548. The minimum Gasteiger partial charge on any atom is -0.464 e. The summed E-state index contributed by atoms with van der Waals surface area (Å²) in [6, 6.07) is 9.01. The van der Waals surface area contributed by atoms with Gasteiger partial charge >= 0.3 is 12.0 Å². The Hall–Kier alpha value is -2.08. The van der Waals surface area contributed by atoms with Crippen LogP contribution in [0.5, 0.6) is 0 Å². The molecule has 118 valence electrons. The van der Waals surface area contributed by atoms with Crippen molar-refractivity contribution in [2.24, 2.45) is 0 Å². The number of fused-ring (bicyclic) bond motifs is 2. The van der Waals surface area contributed by atoms with Crippen molar-refractivity contribution in [3.05, 3.63) is 35.9 Å². The molecule has 6 heteroatoms. The lowest BCUT2D eigenvalue weighted by atomic mass is 10.0. The zero-order valence-electron chi connectivity index (χ0n) is 12.6. The maximum Gasteiger partial charge on any atom is 0.345 e. The number of carbonyl (C=O) groups excluding carboxylic acids is 2. The van der Waals surface area contributed by atoms with Crippen molar-refractivity contribution in [3.8, 4) is 0 Å². The number of ether oxygens (including phenoxy) is 1. The molecule has 6 nitrogen and oxygen atoms in total. The van der Waals surface area contributed by atoms with Gasteiger partial charge in [0.05, 0.1) is 12.6 Å². The molecule has 2 unspecified atom stereocenters. The quantitative estimate of drug-likeness (QED) is 0.780. The van der Waals surface area contributed by atoms with Crippen molar-refractivity contribution in [3.63, 3.8) is 0 Å². The third-order valence-corrected chi connectivity index (χ3v) is 4.09. The van der Waals surface area contributed by atoms with Gasteiger partial charge in [-0.3, -0.25) is 4.84 Å². The third-order valence-electron chi connectivity index (χ3n) is 4.09. The molecule has 0 radical (unpaired) electrons. The average Bonchev–Trinajstić information content (AvgIpc) is 2.78. The SMILES string of the molecule is CCOC(=O)C1CCC2CN1C(=O)N2OCc1ccccc1. The number of nitrogens with zero attached hydrogens (tertiary/aromatic N) is 2. The van der Waals surface area contributed by atoms with Crippen molar-refractivity contribution in [1.82, 2.24) is 9.96 Å². The smallest absolute Gasteiger partial charge is 0.345 e. The summed E-state index contributed by atoms with van der Waals surface area (Å²) in [5.74, 6) is -0.320. The van der Waals surface area contributed by atoms with Gasteiger partial charge in [-0.15, -0.1) is 0 Å². The zero-order valence-corrected chi connectivity index (χ0v) is 12.6. The zero-order chi connectivity index (χ0) is 15.5. The standard InChI is InChI=1S/C16H20N2O4/c1-2-21-15(19)14-9-8-13-10-17(14)16(20)18(13)22-11-12-6-4-3-5-7-12/h3-7,13-14H,2,8-11H2,1H3. The molecule has 0 aliphatic carbocycles. The van der Waals surface area contributed by atoms with Crippen LogP contribution in [0.1, 0.15) is 25.3 Å². The molecule has 2 saturated heterocycles. The first-order valence-corrected chi connectivity index (χ1v) is 7.64. The van der Waals surface area contributed by atoms with E-state index in [1.165, 1.54) is 5.06 Å². The molecule has 2 atom stereocenters. The fourth-order valence-electron chi connectivity index (χ4n) is 3.00. The van der Waals surface area contributed by atoms with Crippen LogP contribution in [-0.4, -0.2) is 47.2 Å². The highest BCUT2D eigenvalue weighted by molar-refractivity contribution is 5.85. The molecule has 0 N–H and O–H groups in total. The normalized spacial score (nSPS) is 23.8. The molecule has 22 heavy (non-hydrogen) atoms. The largest absolute Gasteiger partial charge is 0.464 e. The molecule has 2 amide bonds. The van der Waals surface area contributed by atoms with Crippen LogP contribution >= 0.6 is 0 Å². The van der Waals surface area contributed by atoms with E-state index in [0.29, 0.717) is 26.2 Å². The van der Waals surface area contributed by atoms with Crippen LogP contribution < -0.4 is 0 Å². The molecule has 0 spiro atoms. The van der Waals surface area contributed by atoms with E-state index in [0.717, 1.165) is 12.0 Å². The number of rotatable bonds is 5. The Kier molecular flexibility index (Phi) is 4.29. The Labute approximate surface area is 129 Å². The summed E-state index contributed by atoms with van der Waals surface area (Å²) in [5.41, 5.74) is 1.01. The van der Waals surface area contributed by atoms with Crippen LogP contribution in [-0.2, 0) is 21.0 Å². The van der Waals surface area contributed by atoms with Gasteiger partial charge in [0.2, 0.25) is 0 Å². The van der Waals surface area contributed by atoms with Crippen molar-refractivity contribution < 1.29 is 19.2 Å². The van der Waals surface area contributed by atoms with Crippen LogP contribution in [0.4, 0.5) is 4.79 Å². The maximum absolute atomic E-state index is 12.4. The lowest BCUT2D eigenvalue weighted by Gasteiger charge is -2.28. The predicted octanol–water partition coefficient (Wildman–Crippen LogP) is 1.95. The second-order valence-corrected chi connectivity index (χ2v) is 5.52. The minimum atomic E-state index is -0.478. The van der Waals surface area contributed by atoms with Crippen molar-refractivity contribution in [2.45, 2.75) is 38.5 Å². The molecule has 1 aromatic carbocycles. The van der Waals surface area contributed by atoms with Crippen LogP contribution in [0, 0.1) is 0 Å². The van der Waals surface area contributed by atoms with Gasteiger partial charge in [0, 0.05) is 6.54 Å². The lowest BCUT2D eigenvalue weighted by Crippen LogP contribution is -2.45. The summed E-state index contributed by atoms with van der Waals surface area (Å²) in [6.07, 6.45) is 1.38. The van der Waals surface area contributed by atoms with Crippen LogP contribution in [0.25, 0.3) is 0 Å². The van der Waals surface area contributed by atoms with Gasteiger partial charge in [0.1, 0.15) is 12.6 Å². The minimum absolute atomic E-state index is 0.0156. The molecule has 0 saturated carbocycles. The fourth-order valence-corrected chi connectivity index (χ4v) is 3.00. The number of piperidine rings is 1. The van der Waals surface area contributed by atoms with Gasteiger partial charge in [-0.05, 0) is 25.3 Å². The Morgan fingerprint density at radius 1 is 1.27 bits per heavy atom. The van der Waals surface area contributed by atoms with E-state index < -0.39 is 6.04 Å². The van der Waals surface area contributed by atoms with E-state index >= 15 is 0 Å². The first-order valence-electron chi connectivity index (χ1n) is 7.64. The van der Waals surface area contributed by atoms with Crippen LogP contribution in [0.15, 0.2) is 30.3 Å². The maximum atomic E-state index is 12.4. The number of esters is 1. The van der Waals surface area contributed by atoms with E-state index in [9.17, 15) is 9.59 Å². The second kappa shape index (κ2) is 6.36. The van der Waals surface area contributed by atoms with Crippen molar-refractivity contribution in [1.29, 1.82) is 0 Å². The molecule has 1 aromatic rings. The van der Waals surface area contributed by atoms with E-state index in [1.807, 2.05) is 30.3 Å². The Morgan fingerprint density at radius 2 is 2.05 bits per heavy atom. The highest BCUT2D eigenvalue weighted by Gasteiger charge is 2.48. The number of benzene rings is 1. The monoisotopic (exact) mass is 304 g/mol. The van der Waals surface area contributed by atoms with Gasteiger partial charge < -0.3 is 9.64 Å². The highest BCUT2D eigenvalue weighted by Crippen LogP contribution is 2.30. The number of hydrogen-bond acceptors (Lipinski definition) is 4. The number of carbonyl (C=O) groups is 2. The van der Waals surface area contributed by atoms with E-state index in [4.69, 9.17) is 9.57 Å². The van der Waals surface area contributed by atoms with E-state index in [2.05, 4.69) is 0 Å². The van der Waals surface area contributed by atoms with Gasteiger partial charge in [-0.2, -0.15) is 5.06 Å². The predicted molar refractivity (Wildman–Crippen MR) is 78.6 cm³/mol. The number of amides is 2. The van der Waals surface area contributed by atoms with Gasteiger partial charge in [0.15, 0.2) is 0 Å². The molecule has 2 bridgehead atoms. The van der Waals surface area contributed by atoms with Crippen molar-refractivity contribution in [2.75, 3.05) is 13.2 Å². The molecule has 2 fully saturated rings. The summed E-state index contributed by atoms with van der Waals surface area (Å²) in [6.45, 7) is 2.97. The van der Waals surface area contributed by atoms with Gasteiger partial charge in [-0.25, -0.2) is 9.59 Å². The van der Waals surface area contributed by atoms with Crippen LogP contribution in [0.3, 0.4) is 0 Å². The lowest BCUT2D eigenvalue weighted by molar-refractivity contribution is -0.149. The molecule has 0 aromatic heterocycles. The summed E-state index contributed by atoms with van der Waals surface area (Å²) in [5, 5.41) is 1.42. The number of hydroxylamine groups is 2. The highest BCUT2D eigenvalue weighted by atomic mass is 16.7. The first kappa shape index (κ1) is 14.8. The van der Waals surface area contributed by atoms with Gasteiger partial charge in [-0.1, -0.05) is 30.3 Å². The fraction of sp³-hybridized carbons (Fsp3) is 0.500. The van der Waals surface area contributed by atoms with Crippen LogP contribution in [0.2, 0.25) is 0 Å². The number of hydrogen-bond donors (Lipinski definition) is 0. The molecule has 2 heterocycles. The summed E-state index contributed by atoms with van der Waals surface area (Å²) < 4.78 is 5.05. The molecule has 2 aliphatic heterocycles. The van der Waals surface area contributed by atoms with Gasteiger partial charge in [0.25, 0.3) is 0 Å². The summed E-state index contributed by atoms with van der Waals surface area (Å²) in [7, 11) is 0. The summed E-state index contributed by atoms with van der Waals surface area (Å²) in [4.78, 5) is 31.6. The summed E-state index contributed by atoms with van der Waals surface area (Å²) >= 11 is 0. The molecule has 3 rings (SSSR count). The average molecular weight is 304 g/mol.